The summed E-state index contributed by atoms with van der Waals surface area (Å²) in [4.78, 5) is 30.0. The molecule has 0 aliphatic carbocycles. The summed E-state index contributed by atoms with van der Waals surface area (Å²) in [5.74, 6) is 0. The summed E-state index contributed by atoms with van der Waals surface area (Å²) in [6.45, 7) is 1.40. The Hall–Kier alpha value is -2.00. The van der Waals surface area contributed by atoms with Crippen LogP contribution in [0.3, 0.4) is 0 Å². The molecule has 0 radical (unpaired) electrons. The van der Waals surface area contributed by atoms with Crippen molar-refractivity contribution in [2.24, 2.45) is 14.1 Å². The highest BCUT2D eigenvalue weighted by Crippen LogP contribution is 2.13. The molecule has 3 heterocycles. The number of hydrogen-bond donors (Lipinski definition) is 1. The minimum Gasteiger partial charge on any atom is -0.389 e. The molecule has 1 saturated heterocycles. The van der Waals surface area contributed by atoms with Crippen LogP contribution in [-0.4, -0.2) is 60.6 Å². The van der Waals surface area contributed by atoms with Gasteiger partial charge < -0.3 is 9.67 Å². The van der Waals surface area contributed by atoms with Crippen LogP contribution in [0.1, 0.15) is 0 Å². The van der Waals surface area contributed by atoms with Gasteiger partial charge in [-0.05, 0) is 0 Å². The number of aliphatic hydroxyl groups excluding tert-OH is 1. The van der Waals surface area contributed by atoms with Crippen molar-refractivity contribution in [3.63, 3.8) is 0 Å². The maximum Gasteiger partial charge on any atom is 0.332 e. The molecule has 8 nitrogen and oxygen atoms in total. The molecule has 0 unspecified atom stereocenters. The van der Waals surface area contributed by atoms with E-state index in [4.69, 9.17) is 0 Å². The summed E-state index contributed by atoms with van der Waals surface area (Å²) in [6, 6.07) is 0. The Kier molecular flexibility index (Phi) is 3.61. The van der Waals surface area contributed by atoms with Crippen molar-refractivity contribution < 1.29 is 9.50 Å². The van der Waals surface area contributed by atoms with E-state index in [1.54, 1.807) is 16.5 Å². The maximum absolute atomic E-state index is 13.3. The van der Waals surface area contributed by atoms with Crippen LogP contribution in [0.15, 0.2) is 15.9 Å². The summed E-state index contributed by atoms with van der Waals surface area (Å²) < 4.78 is 17.3. The van der Waals surface area contributed by atoms with Crippen molar-refractivity contribution in [1.29, 1.82) is 0 Å². The van der Waals surface area contributed by atoms with Gasteiger partial charge in [0.1, 0.15) is 6.17 Å². The Morgan fingerprint density at radius 2 is 2.00 bits per heavy atom. The number of alkyl halides is 1. The molecule has 3 rings (SSSR count). The number of aromatic nitrogens is 4. The van der Waals surface area contributed by atoms with Gasteiger partial charge in [-0.2, -0.15) is 0 Å². The lowest BCUT2D eigenvalue weighted by Crippen LogP contribution is -2.37. The smallest absolute Gasteiger partial charge is 0.332 e. The first kappa shape index (κ1) is 14.9. The third-order valence-electron chi connectivity index (χ3n) is 4.17. The van der Waals surface area contributed by atoms with Gasteiger partial charge in [0, 0.05) is 40.3 Å². The molecular weight excluding hydrogens is 293 g/mol. The minimum absolute atomic E-state index is 0.185. The average molecular weight is 311 g/mol. The van der Waals surface area contributed by atoms with E-state index in [0.717, 1.165) is 4.57 Å². The Balaban J connectivity index is 1.90. The largest absolute Gasteiger partial charge is 0.389 e. The van der Waals surface area contributed by atoms with Gasteiger partial charge in [-0.25, -0.2) is 14.2 Å². The molecule has 1 fully saturated rings. The van der Waals surface area contributed by atoms with Crippen molar-refractivity contribution in [2.45, 2.75) is 18.8 Å². The van der Waals surface area contributed by atoms with E-state index < -0.39 is 23.5 Å². The fourth-order valence-electron chi connectivity index (χ4n) is 2.82. The van der Waals surface area contributed by atoms with Gasteiger partial charge >= 0.3 is 5.69 Å². The van der Waals surface area contributed by atoms with Crippen molar-refractivity contribution in [2.75, 3.05) is 19.6 Å². The van der Waals surface area contributed by atoms with Crippen molar-refractivity contribution in [3.8, 4) is 0 Å². The zero-order valence-corrected chi connectivity index (χ0v) is 12.4. The Morgan fingerprint density at radius 3 is 2.64 bits per heavy atom. The van der Waals surface area contributed by atoms with E-state index >= 15 is 0 Å². The van der Waals surface area contributed by atoms with Crippen molar-refractivity contribution >= 4 is 11.2 Å². The van der Waals surface area contributed by atoms with Gasteiger partial charge in [0.05, 0.1) is 12.4 Å². The fourth-order valence-corrected chi connectivity index (χ4v) is 2.82. The number of nitrogens with zero attached hydrogens (tertiary/aromatic N) is 5. The lowest BCUT2D eigenvalue weighted by molar-refractivity contribution is 0.115. The van der Waals surface area contributed by atoms with Crippen molar-refractivity contribution in [1.82, 2.24) is 23.6 Å². The second kappa shape index (κ2) is 5.33. The number of likely N-dealkylation sites (tertiary alicyclic amines) is 1. The number of hydrogen-bond acceptors (Lipinski definition) is 5. The molecule has 0 bridgehead atoms. The van der Waals surface area contributed by atoms with Crippen LogP contribution in [0.2, 0.25) is 0 Å². The monoisotopic (exact) mass is 311 g/mol. The van der Waals surface area contributed by atoms with E-state index in [1.807, 2.05) is 0 Å². The third-order valence-corrected chi connectivity index (χ3v) is 4.17. The van der Waals surface area contributed by atoms with Crippen LogP contribution in [0.5, 0.6) is 0 Å². The van der Waals surface area contributed by atoms with Crippen LogP contribution >= 0.6 is 0 Å². The molecule has 22 heavy (non-hydrogen) atoms. The van der Waals surface area contributed by atoms with Crippen LogP contribution in [-0.2, 0) is 20.6 Å². The van der Waals surface area contributed by atoms with E-state index in [0.29, 0.717) is 24.3 Å². The van der Waals surface area contributed by atoms with Gasteiger partial charge in [-0.15, -0.1) is 0 Å². The predicted molar refractivity (Wildman–Crippen MR) is 77.6 cm³/mol. The molecule has 0 amide bonds. The van der Waals surface area contributed by atoms with E-state index in [2.05, 4.69) is 4.98 Å². The molecule has 2 atom stereocenters. The molecule has 0 aromatic carbocycles. The Labute approximate surface area is 125 Å². The number of rotatable bonds is 3. The van der Waals surface area contributed by atoms with Gasteiger partial charge in [-0.3, -0.25) is 18.8 Å². The van der Waals surface area contributed by atoms with Gasteiger partial charge in [-0.1, -0.05) is 0 Å². The second-order valence-electron chi connectivity index (χ2n) is 5.66. The second-order valence-corrected chi connectivity index (χ2v) is 5.66. The number of β-amino-alcohol motifs (C(OH)–C–C–N with tert-alkyl or cyclic N) is 1. The van der Waals surface area contributed by atoms with Crippen molar-refractivity contribution in [3.05, 3.63) is 27.2 Å². The van der Waals surface area contributed by atoms with Gasteiger partial charge in [0.2, 0.25) is 0 Å². The molecule has 0 spiro atoms. The standard InChI is InChI=1S/C13H18FN5O3/c1-16-11-10(12(21)17(2)13(16)22)19(7-15-11)4-3-18-5-8(14)9(20)6-18/h7-9,20H,3-6H2,1-2H3/t8-,9-/m1/s1. The Morgan fingerprint density at radius 1 is 1.27 bits per heavy atom. The van der Waals surface area contributed by atoms with Crippen LogP contribution in [0.4, 0.5) is 4.39 Å². The molecule has 2 aromatic rings. The number of aryl methyl sites for hydroxylation is 1. The predicted octanol–water partition coefficient (Wildman–Crippen LogP) is -1.55. The molecule has 120 valence electrons. The highest BCUT2D eigenvalue weighted by Gasteiger charge is 2.30. The highest BCUT2D eigenvalue weighted by atomic mass is 19.1. The topological polar surface area (TPSA) is 85.3 Å². The summed E-state index contributed by atoms with van der Waals surface area (Å²) in [5.41, 5.74) is -0.148. The summed E-state index contributed by atoms with van der Waals surface area (Å²) in [5, 5.41) is 9.42. The lowest BCUT2D eigenvalue weighted by atomic mass is 10.3. The quantitative estimate of drug-likeness (QED) is 0.742. The normalized spacial score (nSPS) is 22.7. The van der Waals surface area contributed by atoms with Gasteiger partial charge in [0.25, 0.3) is 5.56 Å². The summed E-state index contributed by atoms with van der Waals surface area (Å²) >= 11 is 0. The van der Waals surface area contributed by atoms with E-state index in [-0.39, 0.29) is 13.1 Å². The van der Waals surface area contributed by atoms with Crippen LogP contribution in [0.25, 0.3) is 11.2 Å². The average Bonchev–Trinajstić information content (AvgIpc) is 3.05. The zero-order chi connectivity index (χ0) is 16.0. The lowest BCUT2D eigenvalue weighted by Gasteiger charge is -2.15. The van der Waals surface area contributed by atoms with Gasteiger partial charge in [0.15, 0.2) is 11.2 Å². The van der Waals surface area contributed by atoms with E-state index in [1.165, 1.54) is 17.9 Å². The SMILES string of the molecule is Cn1c(=O)c2c(ncn2CCN2C[C@@H](O)[C@H](F)C2)n(C)c1=O. The molecular formula is C13H18FN5O3. The number of aliphatic hydroxyl groups is 1. The number of fused-ring (bicyclic) bond motifs is 1. The third kappa shape index (κ3) is 2.26. The number of halogens is 1. The first-order chi connectivity index (χ1) is 10.4. The molecule has 1 aliphatic rings. The van der Waals surface area contributed by atoms with Crippen LogP contribution in [0, 0.1) is 0 Å². The number of imidazole rings is 1. The fraction of sp³-hybridized carbons (Fsp3) is 0.615. The highest BCUT2D eigenvalue weighted by molar-refractivity contribution is 5.69. The first-order valence-corrected chi connectivity index (χ1v) is 7.05. The Bertz CT molecular complexity index is 813. The summed E-state index contributed by atoms with van der Waals surface area (Å²) in [7, 11) is 2.98. The van der Waals surface area contributed by atoms with Crippen LogP contribution < -0.4 is 11.2 Å². The molecule has 2 aromatic heterocycles. The first-order valence-electron chi connectivity index (χ1n) is 7.05. The molecule has 1 N–H and O–H groups in total. The maximum atomic E-state index is 13.3. The molecule has 9 heteroatoms. The molecule has 0 saturated carbocycles. The zero-order valence-electron chi connectivity index (χ0n) is 12.4. The van der Waals surface area contributed by atoms with E-state index in [9.17, 15) is 19.1 Å². The minimum atomic E-state index is -1.23. The molecule has 1 aliphatic heterocycles. The summed E-state index contributed by atoms with van der Waals surface area (Å²) in [6.07, 6.45) is -0.674.